The molecule has 2 heterocycles. The third-order valence-electron chi connectivity index (χ3n) is 3.79. The smallest absolute Gasteiger partial charge is 0.332 e. The second-order valence-corrected chi connectivity index (χ2v) is 5.25. The Balaban J connectivity index is 2.52. The molecule has 0 saturated carbocycles. The van der Waals surface area contributed by atoms with Crippen LogP contribution in [0, 0.1) is 0 Å². The van der Waals surface area contributed by atoms with Gasteiger partial charge < -0.3 is 15.7 Å². The highest BCUT2D eigenvalue weighted by Gasteiger charge is 2.24. The van der Waals surface area contributed by atoms with Gasteiger partial charge in [0, 0.05) is 26.7 Å². The van der Waals surface area contributed by atoms with Crippen molar-refractivity contribution in [1.82, 2.24) is 9.13 Å². The molecule has 7 heteroatoms. The van der Waals surface area contributed by atoms with Crippen LogP contribution < -0.4 is 21.9 Å². The van der Waals surface area contributed by atoms with Crippen LogP contribution >= 0.6 is 0 Å². The van der Waals surface area contributed by atoms with Crippen molar-refractivity contribution < 1.29 is 5.11 Å². The summed E-state index contributed by atoms with van der Waals surface area (Å²) in [6, 6.07) is 0. The van der Waals surface area contributed by atoms with Gasteiger partial charge in [0.1, 0.15) is 11.5 Å². The number of nitrogens with zero attached hydrogens (tertiary/aromatic N) is 3. The van der Waals surface area contributed by atoms with E-state index in [0.717, 1.165) is 11.0 Å². The zero-order valence-corrected chi connectivity index (χ0v) is 12.0. The first kappa shape index (κ1) is 14.6. The molecule has 1 aliphatic heterocycles. The summed E-state index contributed by atoms with van der Waals surface area (Å²) in [5, 5.41) is 9.55. The van der Waals surface area contributed by atoms with Crippen molar-refractivity contribution in [2.24, 2.45) is 7.05 Å². The number of hydrogen-bond acceptors (Lipinski definition) is 5. The average Bonchev–Trinajstić information content (AvgIpc) is 2.43. The van der Waals surface area contributed by atoms with Gasteiger partial charge in [-0.05, 0) is 19.3 Å². The van der Waals surface area contributed by atoms with E-state index in [4.69, 9.17) is 5.73 Å². The molecule has 7 nitrogen and oxygen atoms in total. The van der Waals surface area contributed by atoms with E-state index in [1.807, 2.05) is 11.8 Å². The Bertz CT molecular complexity index is 597. The molecule has 0 atom stereocenters. The van der Waals surface area contributed by atoms with Crippen molar-refractivity contribution in [3.05, 3.63) is 20.8 Å². The first-order valence-electron chi connectivity index (χ1n) is 6.99. The van der Waals surface area contributed by atoms with Crippen molar-refractivity contribution in [3.8, 4) is 0 Å². The van der Waals surface area contributed by atoms with Gasteiger partial charge in [-0.3, -0.25) is 13.9 Å². The summed E-state index contributed by atoms with van der Waals surface area (Å²) < 4.78 is 2.55. The Labute approximate surface area is 117 Å². The van der Waals surface area contributed by atoms with Crippen molar-refractivity contribution in [1.29, 1.82) is 0 Å². The molecule has 2 rings (SSSR count). The highest BCUT2D eigenvalue weighted by Crippen LogP contribution is 2.21. The van der Waals surface area contributed by atoms with Crippen LogP contribution in [0.2, 0.25) is 0 Å². The molecule has 0 radical (unpaired) electrons. The van der Waals surface area contributed by atoms with Crippen LogP contribution in [0.5, 0.6) is 0 Å². The van der Waals surface area contributed by atoms with Crippen LogP contribution in [0.3, 0.4) is 0 Å². The summed E-state index contributed by atoms with van der Waals surface area (Å²) in [6.45, 7) is 3.59. The molecule has 0 spiro atoms. The van der Waals surface area contributed by atoms with E-state index in [2.05, 4.69) is 0 Å². The van der Waals surface area contributed by atoms with Gasteiger partial charge in [-0.15, -0.1) is 0 Å². The third kappa shape index (κ3) is 2.45. The zero-order valence-electron chi connectivity index (χ0n) is 12.0. The SMILES string of the molecule is CCCn1c(N)c(N2CCC(O)CC2)c(=O)n(C)c1=O. The molecule has 20 heavy (non-hydrogen) atoms. The molecular weight excluding hydrogens is 260 g/mol. The lowest BCUT2D eigenvalue weighted by atomic mass is 10.1. The molecule has 1 saturated heterocycles. The fourth-order valence-electron chi connectivity index (χ4n) is 2.59. The van der Waals surface area contributed by atoms with Crippen molar-refractivity contribution in [2.75, 3.05) is 23.7 Å². The van der Waals surface area contributed by atoms with E-state index >= 15 is 0 Å². The maximum atomic E-state index is 12.3. The van der Waals surface area contributed by atoms with Gasteiger partial charge in [-0.2, -0.15) is 0 Å². The van der Waals surface area contributed by atoms with E-state index in [1.54, 1.807) is 0 Å². The van der Waals surface area contributed by atoms with Crippen LogP contribution in [0.1, 0.15) is 26.2 Å². The van der Waals surface area contributed by atoms with Gasteiger partial charge in [0.2, 0.25) is 0 Å². The Kier molecular flexibility index (Phi) is 4.17. The molecule has 1 aromatic heterocycles. The topological polar surface area (TPSA) is 93.5 Å². The Morgan fingerprint density at radius 3 is 2.45 bits per heavy atom. The van der Waals surface area contributed by atoms with E-state index in [0.29, 0.717) is 38.2 Å². The predicted molar refractivity (Wildman–Crippen MR) is 78.1 cm³/mol. The predicted octanol–water partition coefficient (Wildman–Crippen LogP) is -0.500. The fourth-order valence-corrected chi connectivity index (χ4v) is 2.59. The van der Waals surface area contributed by atoms with Crippen molar-refractivity contribution >= 4 is 11.5 Å². The number of rotatable bonds is 3. The highest BCUT2D eigenvalue weighted by atomic mass is 16.3. The first-order valence-corrected chi connectivity index (χ1v) is 6.99. The number of aliphatic hydroxyl groups is 1. The number of nitrogen functional groups attached to an aromatic ring is 1. The Morgan fingerprint density at radius 2 is 1.90 bits per heavy atom. The van der Waals surface area contributed by atoms with E-state index in [-0.39, 0.29) is 23.2 Å². The lowest BCUT2D eigenvalue weighted by molar-refractivity contribution is 0.145. The van der Waals surface area contributed by atoms with E-state index < -0.39 is 0 Å². The molecule has 3 N–H and O–H groups in total. The summed E-state index contributed by atoms with van der Waals surface area (Å²) in [6.07, 6.45) is 1.66. The number of piperidine rings is 1. The van der Waals surface area contributed by atoms with Gasteiger partial charge in [-0.25, -0.2) is 4.79 Å². The maximum absolute atomic E-state index is 12.3. The largest absolute Gasteiger partial charge is 0.393 e. The minimum atomic E-state index is -0.379. The molecule has 0 bridgehead atoms. The molecule has 0 aliphatic carbocycles. The number of nitrogens with two attached hydrogens (primary N) is 1. The van der Waals surface area contributed by atoms with Gasteiger partial charge in [-0.1, -0.05) is 6.92 Å². The minimum Gasteiger partial charge on any atom is -0.393 e. The standard InChI is InChI=1S/C13H22N4O3/c1-3-6-17-11(14)10(12(19)15(2)13(17)20)16-7-4-9(18)5-8-16/h9,18H,3-8,14H2,1-2H3. The summed E-state index contributed by atoms with van der Waals surface area (Å²) in [7, 11) is 1.47. The van der Waals surface area contributed by atoms with Crippen LogP contribution in [-0.4, -0.2) is 33.4 Å². The van der Waals surface area contributed by atoms with Gasteiger partial charge in [0.15, 0.2) is 0 Å². The number of anilines is 2. The highest BCUT2D eigenvalue weighted by molar-refractivity contribution is 5.62. The second-order valence-electron chi connectivity index (χ2n) is 5.25. The molecule has 0 amide bonds. The van der Waals surface area contributed by atoms with E-state index in [9.17, 15) is 14.7 Å². The number of aromatic nitrogens is 2. The van der Waals surface area contributed by atoms with Crippen molar-refractivity contribution in [3.63, 3.8) is 0 Å². The van der Waals surface area contributed by atoms with Crippen molar-refractivity contribution in [2.45, 2.75) is 38.8 Å². The number of hydrogen-bond donors (Lipinski definition) is 2. The maximum Gasteiger partial charge on any atom is 0.332 e. The zero-order chi connectivity index (χ0) is 14.9. The van der Waals surface area contributed by atoms with E-state index in [1.165, 1.54) is 11.6 Å². The van der Waals surface area contributed by atoms with Gasteiger partial charge in [0.25, 0.3) is 5.56 Å². The van der Waals surface area contributed by atoms with Crippen LogP contribution in [0.15, 0.2) is 9.59 Å². The van der Waals surface area contributed by atoms with Gasteiger partial charge in [0.05, 0.1) is 6.10 Å². The fraction of sp³-hybridized carbons (Fsp3) is 0.692. The Morgan fingerprint density at radius 1 is 1.30 bits per heavy atom. The molecule has 112 valence electrons. The second kappa shape index (κ2) is 5.70. The lowest BCUT2D eigenvalue weighted by Crippen LogP contribution is -2.46. The minimum absolute atomic E-state index is 0.233. The molecule has 0 aromatic carbocycles. The monoisotopic (exact) mass is 282 g/mol. The summed E-state index contributed by atoms with van der Waals surface area (Å²) in [5.74, 6) is 0.233. The summed E-state index contributed by atoms with van der Waals surface area (Å²) >= 11 is 0. The quantitative estimate of drug-likeness (QED) is 0.779. The molecule has 1 aromatic rings. The Hall–Kier alpha value is -1.76. The number of aliphatic hydroxyl groups excluding tert-OH is 1. The lowest BCUT2D eigenvalue weighted by Gasteiger charge is -2.32. The summed E-state index contributed by atoms with van der Waals surface area (Å²) in [5.41, 5.74) is 5.69. The molecule has 1 fully saturated rings. The molecule has 0 unspecified atom stereocenters. The summed E-state index contributed by atoms with van der Waals surface area (Å²) in [4.78, 5) is 26.3. The van der Waals surface area contributed by atoms with Gasteiger partial charge >= 0.3 is 5.69 Å². The molecular formula is C13H22N4O3. The third-order valence-corrected chi connectivity index (χ3v) is 3.79. The average molecular weight is 282 g/mol. The van der Waals surface area contributed by atoms with Crippen LogP contribution in [0.4, 0.5) is 11.5 Å². The normalized spacial score (nSPS) is 16.6. The first-order chi connectivity index (χ1) is 9.47. The van der Waals surface area contributed by atoms with Crippen LogP contribution in [0.25, 0.3) is 0 Å². The van der Waals surface area contributed by atoms with Crippen LogP contribution in [-0.2, 0) is 13.6 Å². The molecule has 1 aliphatic rings.